The zero-order chi connectivity index (χ0) is 17.4. The van der Waals surface area contributed by atoms with Crippen LogP contribution in [-0.2, 0) is 4.74 Å². The van der Waals surface area contributed by atoms with E-state index < -0.39 is 17.4 Å². The first kappa shape index (κ1) is 16.0. The molecule has 2 amide bonds. The highest BCUT2D eigenvalue weighted by Crippen LogP contribution is 2.22. The van der Waals surface area contributed by atoms with Crippen LogP contribution in [0.15, 0.2) is 29.2 Å². The average Bonchev–Trinajstić information content (AvgIpc) is 2.96. The van der Waals surface area contributed by atoms with Gasteiger partial charge in [0, 0.05) is 17.1 Å². The standard InChI is InChI=1S/C17H18N2O5/c1-9(2)14-8-24-17(22)19(14)16(21)12-7-18-13-5-4-10(23-3)6-11(13)15(12)20/h4-7,9,14H,8H2,1-3H3,(H,18,20). The van der Waals surface area contributed by atoms with Crippen LogP contribution in [0.4, 0.5) is 4.79 Å². The smallest absolute Gasteiger partial charge is 0.417 e. The first-order valence-corrected chi connectivity index (χ1v) is 7.63. The fourth-order valence-electron chi connectivity index (χ4n) is 2.77. The molecular formula is C17H18N2O5. The molecule has 1 N–H and O–H groups in total. The molecule has 24 heavy (non-hydrogen) atoms. The number of carbonyl (C=O) groups is 2. The van der Waals surface area contributed by atoms with E-state index in [9.17, 15) is 14.4 Å². The molecule has 0 spiro atoms. The minimum Gasteiger partial charge on any atom is -0.497 e. The zero-order valence-corrected chi connectivity index (χ0v) is 13.7. The number of nitrogens with zero attached hydrogens (tertiary/aromatic N) is 1. The van der Waals surface area contributed by atoms with Gasteiger partial charge in [0.05, 0.1) is 13.2 Å². The number of imide groups is 1. The van der Waals surface area contributed by atoms with Crippen LogP contribution in [0.1, 0.15) is 24.2 Å². The van der Waals surface area contributed by atoms with Gasteiger partial charge in [0.15, 0.2) is 0 Å². The molecule has 0 radical (unpaired) electrons. The van der Waals surface area contributed by atoms with Gasteiger partial charge in [-0.25, -0.2) is 9.69 Å². The molecular weight excluding hydrogens is 312 g/mol. The second-order valence-electron chi connectivity index (χ2n) is 6.01. The number of benzene rings is 1. The topological polar surface area (TPSA) is 88.7 Å². The van der Waals surface area contributed by atoms with Gasteiger partial charge in [-0.15, -0.1) is 0 Å². The van der Waals surface area contributed by atoms with E-state index in [0.29, 0.717) is 16.7 Å². The number of cyclic esters (lactones) is 1. The van der Waals surface area contributed by atoms with Crippen LogP contribution in [0.3, 0.4) is 0 Å². The van der Waals surface area contributed by atoms with Gasteiger partial charge in [-0.2, -0.15) is 0 Å². The summed E-state index contributed by atoms with van der Waals surface area (Å²) in [5.74, 6) is -0.111. The molecule has 1 atom stereocenters. The molecule has 7 heteroatoms. The Morgan fingerprint density at radius 2 is 2.12 bits per heavy atom. The van der Waals surface area contributed by atoms with Crippen LogP contribution < -0.4 is 10.2 Å². The third-order valence-corrected chi connectivity index (χ3v) is 4.21. The zero-order valence-electron chi connectivity index (χ0n) is 13.7. The van der Waals surface area contributed by atoms with E-state index in [2.05, 4.69) is 4.98 Å². The monoisotopic (exact) mass is 330 g/mol. The number of methoxy groups -OCH3 is 1. The SMILES string of the molecule is COc1ccc2[nH]cc(C(=O)N3C(=O)OCC3C(C)C)c(=O)c2c1. The molecule has 3 rings (SSSR count). The molecule has 126 valence electrons. The average molecular weight is 330 g/mol. The molecule has 0 bridgehead atoms. The fourth-order valence-corrected chi connectivity index (χ4v) is 2.77. The summed E-state index contributed by atoms with van der Waals surface area (Å²) in [7, 11) is 1.50. The van der Waals surface area contributed by atoms with Crippen molar-refractivity contribution in [3.05, 3.63) is 40.2 Å². The number of ether oxygens (including phenoxy) is 2. The molecule has 0 saturated carbocycles. The van der Waals surface area contributed by atoms with Crippen molar-refractivity contribution in [2.24, 2.45) is 5.92 Å². The van der Waals surface area contributed by atoms with Gasteiger partial charge in [-0.3, -0.25) is 9.59 Å². The summed E-state index contributed by atoms with van der Waals surface area (Å²) in [6.07, 6.45) is 0.617. The summed E-state index contributed by atoms with van der Waals surface area (Å²) in [5.41, 5.74) is 0.0388. The molecule has 1 saturated heterocycles. The second-order valence-corrected chi connectivity index (χ2v) is 6.01. The summed E-state index contributed by atoms with van der Waals surface area (Å²) in [5, 5.41) is 0.328. The van der Waals surface area contributed by atoms with E-state index in [4.69, 9.17) is 9.47 Å². The number of fused-ring (bicyclic) bond motifs is 1. The van der Waals surface area contributed by atoms with Gasteiger partial charge in [0.2, 0.25) is 5.43 Å². The highest BCUT2D eigenvalue weighted by Gasteiger charge is 2.40. The Labute approximate surface area is 138 Å². The molecule has 7 nitrogen and oxygen atoms in total. The van der Waals surface area contributed by atoms with Gasteiger partial charge < -0.3 is 14.5 Å². The number of aromatic nitrogens is 1. The number of amides is 2. The summed E-state index contributed by atoms with van der Waals surface area (Å²) in [6, 6.07) is 4.59. The molecule has 0 aliphatic carbocycles. The van der Waals surface area contributed by atoms with Crippen LogP contribution in [0.25, 0.3) is 10.9 Å². The van der Waals surface area contributed by atoms with Crippen LogP contribution in [-0.4, -0.2) is 41.6 Å². The lowest BCUT2D eigenvalue weighted by Crippen LogP contribution is -2.43. The predicted molar refractivity (Wildman–Crippen MR) is 87.3 cm³/mol. The lowest BCUT2D eigenvalue weighted by molar-refractivity contribution is 0.0750. The van der Waals surface area contributed by atoms with Gasteiger partial charge >= 0.3 is 6.09 Å². The minimum absolute atomic E-state index is 0.0278. The number of hydrogen-bond acceptors (Lipinski definition) is 5. The van der Waals surface area contributed by atoms with E-state index in [-0.39, 0.29) is 24.1 Å². The number of hydrogen-bond donors (Lipinski definition) is 1. The summed E-state index contributed by atoms with van der Waals surface area (Å²) >= 11 is 0. The Morgan fingerprint density at radius 3 is 2.79 bits per heavy atom. The van der Waals surface area contributed by atoms with Gasteiger partial charge in [0.1, 0.15) is 17.9 Å². The Morgan fingerprint density at radius 1 is 1.38 bits per heavy atom. The van der Waals surface area contributed by atoms with Crippen molar-refractivity contribution in [1.82, 2.24) is 9.88 Å². The van der Waals surface area contributed by atoms with Crippen LogP contribution in [0.2, 0.25) is 0 Å². The highest BCUT2D eigenvalue weighted by molar-refractivity contribution is 6.05. The van der Waals surface area contributed by atoms with Crippen LogP contribution in [0.5, 0.6) is 5.75 Å². The maximum atomic E-state index is 12.8. The predicted octanol–water partition coefficient (Wildman–Crippen LogP) is 2.15. The van der Waals surface area contributed by atoms with E-state index in [1.54, 1.807) is 18.2 Å². The van der Waals surface area contributed by atoms with E-state index >= 15 is 0 Å². The van der Waals surface area contributed by atoms with Crippen LogP contribution >= 0.6 is 0 Å². The van der Waals surface area contributed by atoms with Crippen molar-refractivity contribution in [3.63, 3.8) is 0 Å². The number of aromatic amines is 1. The lowest BCUT2D eigenvalue weighted by atomic mass is 10.0. The Bertz CT molecular complexity index is 871. The Hall–Kier alpha value is -2.83. The summed E-state index contributed by atoms with van der Waals surface area (Å²) in [6.45, 7) is 3.92. The molecule has 1 fully saturated rings. The largest absolute Gasteiger partial charge is 0.497 e. The number of pyridine rings is 1. The first-order valence-electron chi connectivity index (χ1n) is 7.63. The molecule has 1 aromatic carbocycles. The maximum Gasteiger partial charge on any atom is 0.417 e. The molecule has 1 aliphatic heterocycles. The Kier molecular flexibility index (Phi) is 4.01. The Balaban J connectivity index is 2.08. The van der Waals surface area contributed by atoms with Crippen molar-refractivity contribution < 1.29 is 19.1 Å². The van der Waals surface area contributed by atoms with E-state index in [1.165, 1.54) is 13.3 Å². The van der Waals surface area contributed by atoms with Gasteiger partial charge in [0.25, 0.3) is 5.91 Å². The number of nitrogens with one attached hydrogen (secondary N) is 1. The number of carbonyl (C=O) groups excluding carboxylic acids is 2. The van der Waals surface area contributed by atoms with Crippen molar-refractivity contribution in [1.29, 1.82) is 0 Å². The fraction of sp³-hybridized carbons (Fsp3) is 0.353. The molecule has 1 aliphatic rings. The third-order valence-electron chi connectivity index (χ3n) is 4.21. The highest BCUT2D eigenvalue weighted by atomic mass is 16.6. The third kappa shape index (κ3) is 2.51. The van der Waals surface area contributed by atoms with Gasteiger partial charge in [-0.1, -0.05) is 13.8 Å². The maximum absolute atomic E-state index is 12.8. The molecule has 2 aromatic rings. The van der Waals surface area contributed by atoms with Crippen molar-refractivity contribution >= 4 is 22.9 Å². The lowest BCUT2D eigenvalue weighted by Gasteiger charge is -2.22. The van der Waals surface area contributed by atoms with Crippen molar-refractivity contribution in [2.75, 3.05) is 13.7 Å². The quantitative estimate of drug-likeness (QED) is 0.931. The minimum atomic E-state index is -0.719. The first-order chi connectivity index (χ1) is 11.4. The summed E-state index contributed by atoms with van der Waals surface area (Å²) < 4.78 is 10.1. The van der Waals surface area contributed by atoms with E-state index in [0.717, 1.165) is 4.90 Å². The van der Waals surface area contributed by atoms with Gasteiger partial charge in [-0.05, 0) is 24.1 Å². The molecule has 2 heterocycles. The molecule has 1 aromatic heterocycles. The molecule has 1 unspecified atom stereocenters. The number of H-pyrrole nitrogens is 1. The van der Waals surface area contributed by atoms with Crippen molar-refractivity contribution in [2.45, 2.75) is 19.9 Å². The number of rotatable bonds is 3. The second kappa shape index (κ2) is 5.99. The van der Waals surface area contributed by atoms with E-state index in [1.807, 2.05) is 13.8 Å². The van der Waals surface area contributed by atoms with Crippen LogP contribution in [0, 0.1) is 5.92 Å². The summed E-state index contributed by atoms with van der Waals surface area (Å²) in [4.78, 5) is 41.3. The normalized spacial score (nSPS) is 17.4. The van der Waals surface area contributed by atoms with Crippen molar-refractivity contribution in [3.8, 4) is 5.75 Å².